The van der Waals surface area contributed by atoms with Crippen molar-refractivity contribution in [2.24, 2.45) is 0 Å². The van der Waals surface area contributed by atoms with Crippen molar-refractivity contribution >= 4 is 33.3 Å². The molecule has 9 heteroatoms. The SMILES string of the molecule is O=C(O)c1cncc(NS(=O)(=O)c2ccc(F)c(Cl)c2)c1. The van der Waals surface area contributed by atoms with E-state index in [0.717, 1.165) is 36.7 Å². The van der Waals surface area contributed by atoms with E-state index in [2.05, 4.69) is 9.71 Å². The van der Waals surface area contributed by atoms with Crippen LogP contribution in [0, 0.1) is 5.82 Å². The summed E-state index contributed by atoms with van der Waals surface area (Å²) in [4.78, 5) is 14.2. The highest BCUT2D eigenvalue weighted by molar-refractivity contribution is 7.92. The van der Waals surface area contributed by atoms with Gasteiger partial charge in [-0.25, -0.2) is 17.6 Å². The summed E-state index contributed by atoms with van der Waals surface area (Å²) < 4.78 is 39.3. The van der Waals surface area contributed by atoms with Gasteiger partial charge in [-0.05, 0) is 24.3 Å². The number of carbonyl (C=O) groups is 1. The van der Waals surface area contributed by atoms with Crippen molar-refractivity contribution in [1.29, 1.82) is 0 Å². The molecule has 0 aliphatic rings. The number of aromatic carboxylic acids is 1. The minimum absolute atomic E-state index is 0.0321. The van der Waals surface area contributed by atoms with E-state index in [4.69, 9.17) is 16.7 Å². The molecule has 1 heterocycles. The van der Waals surface area contributed by atoms with Crippen LogP contribution in [0.3, 0.4) is 0 Å². The Labute approximate surface area is 124 Å². The maximum atomic E-state index is 13.0. The summed E-state index contributed by atoms with van der Waals surface area (Å²) in [6.45, 7) is 0. The van der Waals surface area contributed by atoms with Crippen LogP contribution in [0.25, 0.3) is 0 Å². The third-order valence-electron chi connectivity index (χ3n) is 2.44. The minimum atomic E-state index is -4.03. The summed E-state index contributed by atoms with van der Waals surface area (Å²) >= 11 is 5.53. The predicted molar refractivity (Wildman–Crippen MR) is 73.4 cm³/mol. The Hall–Kier alpha value is -2.19. The fraction of sp³-hybridized carbons (Fsp3) is 0. The zero-order valence-corrected chi connectivity index (χ0v) is 11.8. The van der Waals surface area contributed by atoms with Crippen molar-refractivity contribution in [3.63, 3.8) is 0 Å². The Bertz CT molecular complexity index is 811. The normalized spacial score (nSPS) is 11.1. The molecule has 0 amide bonds. The first-order valence-corrected chi connectivity index (χ1v) is 7.32. The molecule has 21 heavy (non-hydrogen) atoms. The number of benzene rings is 1. The molecule has 0 saturated heterocycles. The van der Waals surface area contributed by atoms with Gasteiger partial charge in [-0.1, -0.05) is 11.6 Å². The van der Waals surface area contributed by atoms with Crippen LogP contribution in [0.4, 0.5) is 10.1 Å². The number of carboxylic acid groups (broad SMARTS) is 1. The molecule has 1 aromatic heterocycles. The number of hydrogen-bond donors (Lipinski definition) is 2. The average Bonchev–Trinajstić information content (AvgIpc) is 2.41. The molecule has 1 aromatic carbocycles. The van der Waals surface area contributed by atoms with Crippen LogP contribution in [0.15, 0.2) is 41.6 Å². The number of rotatable bonds is 4. The van der Waals surface area contributed by atoms with Crippen molar-refractivity contribution in [2.45, 2.75) is 4.90 Å². The number of hydrogen-bond acceptors (Lipinski definition) is 4. The summed E-state index contributed by atoms with van der Waals surface area (Å²) in [5, 5.41) is 8.48. The molecular formula is C12H8ClFN2O4S. The fourth-order valence-electron chi connectivity index (χ4n) is 1.47. The van der Waals surface area contributed by atoms with Gasteiger partial charge < -0.3 is 5.11 Å². The topological polar surface area (TPSA) is 96.4 Å². The molecule has 2 aromatic rings. The lowest BCUT2D eigenvalue weighted by molar-refractivity contribution is 0.0696. The molecule has 6 nitrogen and oxygen atoms in total. The van der Waals surface area contributed by atoms with E-state index in [-0.39, 0.29) is 21.2 Å². The number of pyridine rings is 1. The largest absolute Gasteiger partial charge is 0.478 e. The Morgan fingerprint density at radius 2 is 2.00 bits per heavy atom. The van der Waals surface area contributed by atoms with Crippen molar-refractivity contribution < 1.29 is 22.7 Å². The van der Waals surface area contributed by atoms with E-state index < -0.39 is 21.8 Å². The molecule has 0 aliphatic carbocycles. The summed E-state index contributed by atoms with van der Waals surface area (Å²) in [6.07, 6.45) is 2.23. The van der Waals surface area contributed by atoms with Crippen LogP contribution in [0.1, 0.15) is 10.4 Å². The lowest BCUT2D eigenvalue weighted by Gasteiger charge is -2.08. The molecule has 110 valence electrons. The predicted octanol–water partition coefficient (Wildman–Crippen LogP) is 2.37. The van der Waals surface area contributed by atoms with Gasteiger partial charge in [0, 0.05) is 6.20 Å². The Morgan fingerprint density at radius 3 is 2.62 bits per heavy atom. The molecule has 0 aliphatic heterocycles. The van der Waals surface area contributed by atoms with Crippen molar-refractivity contribution in [1.82, 2.24) is 4.98 Å². The highest BCUT2D eigenvalue weighted by Crippen LogP contribution is 2.21. The van der Waals surface area contributed by atoms with Crippen LogP contribution in [0.5, 0.6) is 0 Å². The first kappa shape index (κ1) is 15.2. The Balaban J connectivity index is 2.35. The van der Waals surface area contributed by atoms with Crippen molar-refractivity contribution in [3.05, 3.63) is 53.1 Å². The second-order valence-electron chi connectivity index (χ2n) is 3.95. The second kappa shape index (κ2) is 5.66. The van der Waals surface area contributed by atoms with Gasteiger partial charge in [-0.2, -0.15) is 0 Å². The van der Waals surface area contributed by atoms with E-state index in [1.54, 1.807) is 0 Å². The lowest BCUT2D eigenvalue weighted by atomic mass is 10.3. The average molecular weight is 331 g/mol. The number of anilines is 1. The molecule has 0 unspecified atom stereocenters. The van der Waals surface area contributed by atoms with Gasteiger partial charge in [0.25, 0.3) is 10.0 Å². The molecular weight excluding hydrogens is 323 g/mol. The third kappa shape index (κ3) is 3.47. The maximum Gasteiger partial charge on any atom is 0.337 e. The monoisotopic (exact) mass is 330 g/mol. The maximum absolute atomic E-state index is 13.0. The first-order valence-electron chi connectivity index (χ1n) is 5.46. The molecule has 0 saturated carbocycles. The molecule has 0 atom stereocenters. The molecule has 0 spiro atoms. The molecule has 0 fully saturated rings. The first-order chi connectivity index (χ1) is 9.79. The van der Waals surface area contributed by atoms with Gasteiger partial charge in [0.1, 0.15) is 5.82 Å². The minimum Gasteiger partial charge on any atom is -0.478 e. The molecule has 0 bridgehead atoms. The summed E-state index contributed by atoms with van der Waals surface area (Å²) in [7, 11) is -4.03. The summed E-state index contributed by atoms with van der Waals surface area (Å²) in [5.74, 6) is -1.99. The number of carboxylic acids is 1. The molecule has 2 N–H and O–H groups in total. The quantitative estimate of drug-likeness (QED) is 0.897. The van der Waals surface area contributed by atoms with E-state index >= 15 is 0 Å². The lowest BCUT2D eigenvalue weighted by Crippen LogP contribution is -2.14. The third-order valence-corrected chi connectivity index (χ3v) is 4.11. The highest BCUT2D eigenvalue weighted by Gasteiger charge is 2.17. The smallest absolute Gasteiger partial charge is 0.337 e. The van der Waals surface area contributed by atoms with Crippen LogP contribution in [-0.2, 0) is 10.0 Å². The standard InChI is InChI=1S/C12H8ClFN2O4S/c13-10-4-9(1-2-11(10)14)21(19,20)16-8-3-7(12(17)18)5-15-6-8/h1-6,16H,(H,17,18). The van der Waals surface area contributed by atoms with E-state index in [0.29, 0.717) is 0 Å². The summed E-state index contributed by atoms with van der Waals surface area (Å²) in [5.41, 5.74) is -0.206. The van der Waals surface area contributed by atoms with E-state index in [9.17, 15) is 17.6 Å². The van der Waals surface area contributed by atoms with Crippen molar-refractivity contribution in [2.75, 3.05) is 4.72 Å². The van der Waals surface area contributed by atoms with Gasteiger partial charge in [0.15, 0.2) is 0 Å². The fourth-order valence-corrected chi connectivity index (χ4v) is 2.78. The number of nitrogens with one attached hydrogen (secondary N) is 1. The van der Waals surface area contributed by atoms with Crippen molar-refractivity contribution in [3.8, 4) is 0 Å². The zero-order valence-electron chi connectivity index (χ0n) is 10.2. The zero-order chi connectivity index (χ0) is 15.6. The van der Waals surface area contributed by atoms with Crippen LogP contribution in [0.2, 0.25) is 5.02 Å². The number of sulfonamides is 1. The van der Waals surface area contributed by atoms with Gasteiger partial charge in [-0.3, -0.25) is 9.71 Å². The molecule has 0 radical (unpaired) electrons. The Morgan fingerprint density at radius 1 is 1.29 bits per heavy atom. The van der Waals surface area contributed by atoms with E-state index in [1.807, 2.05) is 0 Å². The van der Waals surface area contributed by atoms with Gasteiger partial charge in [0.2, 0.25) is 0 Å². The number of nitrogens with zero attached hydrogens (tertiary/aromatic N) is 1. The van der Waals surface area contributed by atoms with Gasteiger partial charge >= 0.3 is 5.97 Å². The second-order valence-corrected chi connectivity index (χ2v) is 6.04. The highest BCUT2D eigenvalue weighted by atomic mass is 35.5. The number of halogens is 2. The number of aromatic nitrogens is 1. The van der Waals surface area contributed by atoms with Crippen LogP contribution >= 0.6 is 11.6 Å². The molecule has 2 rings (SSSR count). The van der Waals surface area contributed by atoms with Crippen LogP contribution in [-0.4, -0.2) is 24.5 Å². The van der Waals surface area contributed by atoms with E-state index in [1.165, 1.54) is 0 Å². The summed E-state index contributed by atoms with van der Waals surface area (Å²) in [6, 6.07) is 4.02. The van der Waals surface area contributed by atoms with Gasteiger partial charge in [-0.15, -0.1) is 0 Å². The van der Waals surface area contributed by atoms with Gasteiger partial charge in [0.05, 0.1) is 27.4 Å². The van der Waals surface area contributed by atoms with Crippen LogP contribution < -0.4 is 4.72 Å². The Kier molecular flexibility index (Phi) is 4.10.